The molecule has 0 aromatic rings. The summed E-state index contributed by atoms with van der Waals surface area (Å²) in [5, 5.41) is 0. The lowest BCUT2D eigenvalue weighted by Gasteiger charge is -2.25. The molecule has 2 rings (SSSR count). The SMILES string of the molecule is CC(C)CN1CCCN(C(=O)C2CC=CC2)CC1. The van der Waals surface area contributed by atoms with Crippen LogP contribution in [0.4, 0.5) is 0 Å². The molecule has 3 heteroatoms. The number of nitrogens with zero attached hydrogens (tertiary/aromatic N) is 2. The topological polar surface area (TPSA) is 23.6 Å². The third kappa shape index (κ3) is 3.58. The lowest BCUT2D eigenvalue weighted by molar-refractivity contribution is -0.135. The van der Waals surface area contributed by atoms with Gasteiger partial charge in [0.1, 0.15) is 0 Å². The fourth-order valence-electron chi connectivity index (χ4n) is 2.97. The van der Waals surface area contributed by atoms with E-state index in [0.717, 1.165) is 52.0 Å². The molecule has 1 saturated heterocycles. The van der Waals surface area contributed by atoms with Crippen LogP contribution < -0.4 is 0 Å². The van der Waals surface area contributed by atoms with E-state index in [9.17, 15) is 4.79 Å². The highest BCUT2D eigenvalue weighted by atomic mass is 16.2. The molecule has 3 nitrogen and oxygen atoms in total. The van der Waals surface area contributed by atoms with E-state index in [1.165, 1.54) is 0 Å². The van der Waals surface area contributed by atoms with Crippen molar-refractivity contribution in [2.75, 3.05) is 32.7 Å². The molecule has 0 saturated carbocycles. The summed E-state index contributed by atoms with van der Waals surface area (Å²) >= 11 is 0. The van der Waals surface area contributed by atoms with E-state index < -0.39 is 0 Å². The fourth-order valence-corrected chi connectivity index (χ4v) is 2.97. The minimum Gasteiger partial charge on any atom is -0.341 e. The lowest BCUT2D eigenvalue weighted by atomic mass is 10.1. The molecule has 1 aliphatic heterocycles. The molecule has 0 N–H and O–H groups in total. The van der Waals surface area contributed by atoms with Gasteiger partial charge >= 0.3 is 0 Å². The first-order chi connectivity index (χ1) is 8.66. The molecule has 0 bridgehead atoms. The van der Waals surface area contributed by atoms with Gasteiger partial charge in [0.15, 0.2) is 0 Å². The van der Waals surface area contributed by atoms with Gasteiger partial charge in [-0.2, -0.15) is 0 Å². The number of carbonyl (C=O) groups excluding carboxylic acids is 1. The highest BCUT2D eigenvalue weighted by Crippen LogP contribution is 2.21. The minimum absolute atomic E-state index is 0.238. The molecular weight excluding hydrogens is 224 g/mol. The van der Waals surface area contributed by atoms with E-state index >= 15 is 0 Å². The molecule has 1 amide bonds. The van der Waals surface area contributed by atoms with Gasteiger partial charge in [0.2, 0.25) is 5.91 Å². The Bertz CT molecular complexity index is 304. The van der Waals surface area contributed by atoms with E-state index in [4.69, 9.17) is 0 Å². The summed E-state index contributed by atoms with van der Waals surface area (Å²) in [6.45, 7) is 9.74. The van der Waals surface area contributed by atoms with Crippen LogP contribution in [-0.4, -0.2) is 48.4 Å². The van der Waals surface area contributed by atoms with E-state index in [1.807, 2.05) is 0 Å². The smallest absolute Gasteiger partial charge is 0.226 e. The monoisotopic (exact) mass is 250 g/mol. The fraction of sp³-hybridized carbons (Fsp3) is 0.800. The van der Waals surface area contributed by atoms with Gasteiger partial charge in [-0.1, -0.05) is 26.0 Å². The minimum atomic E-state index is 0.238. The van der Waals surface area contributed by atoms with Gasteiger partial charge in [0, 0.05) is 32.1 Å². The van der Waals surface area contributed by atoms with Crippen molar-refractivity contribution in [3.8, 4) is 0 Å². The van der Waals surface area contributed by atoms with Crippen LogP contribution >= 0.6 is 0 Å². The molecule has 0 aromatic carbocycles. The molecular formula is C15H26N2O. The number of rotatable bonds is 3. The van der Waals surface area contributed by atoms with Crippen LogP contribution in [0.25, 0.3) is 0 Å². The quantitative estimate of drug-likeness (QED) is 0.717. The third-order valence-corrected chi connectivity index (χ3v) is 3.88. The second kappa shape index (κ2) is 6.37. The molecule has 0 spiro atoms. The Morgan fingerprint density at radius 1 is 1.17 bits per heavy atom. The molecule has 0 radical (unpaired) electrons. The summed E-state index contributed by atoms with van der Waals surface area (Å²) in [5.41, 5.74) is 0. The summed E-state index contributed by atoms with van der Waals surface area (Å²) in [6, 6.07) is 0. The second-order valence-corrected chi connectivity index (χ2v) is 6.01. The lowest BCUT2D eigenvalue weighted by Crippen LogP contribution is -2.38. The highest BCUT2D eigenvalue weighted by molar-refractivity contribution is 5.79. The van der Waals surface area contributed by atoms with Crippen molar-refractivity contribution in [3.63, 3.8) is 0 Å². The van der Waals surface area contributed by atoms with Crippen LogP contribution in [0.15, 0.2) is 12.2 Å². The third-order valence-electron chi connectivity index (χ3n) is 3.88. The standard InChI is InChI=1S/C15H26N2O/c1-13(2)12-16-8-5-9-17(11-10-16)15(18)14-6-3-4-7-14/h3-4,13-14H,5-12H2,1-2H3. The zero-order valence-electron chi connectivity index (χ0n) is 11.8. The van der Waals surface area contributed by atoms with Gasteiger partial charge in [-0.3, -0.25) is 4.79 Å². The zero-order valence-corrected chi connectivity index (χ0v) is 11.8. The Kier molecular flexibility index (Phi) is 4.81. The van der Waals surface area contributed by atoms with Gasteiger partial charge in [-0.25, -0.2) is 0 Å². The zero-order chi connectivity index (χ0) is 13.0. The van der Waals surface area contributed by atoms with E-state index in [1.54, 1.807) is 0 Å². The predicted octanol–water partition coefficient (Wildman–Crippen LogP) is 2.14. The predicted molar refractivity (Wildman–Crippen MR) is 74.3 cm³/mol. The second-order valence-electron chi connectivity index (χ2n) is 6.01. The van der Waals surface area contributed by atoms with Crippen LogP contribution in [0.3, 0.4) is 0 Å². The number of amides is 1. The molecule has 0 atom stereocenters. The van der Waals surface area contributed by atoms with E-state index in [-0.39, 0.29) is 5.92 Å². The number of allylic oxidation sites excluding steroid dienone is 2. The van der Waals surface area contributed by atoms with Crippen LogP contribution in [0.2, 0.25) is 0 Å². The van der Waals surface area contributed by atoms with Crippen molar-refractivity contribution in [2.24, 2.45) is 11.8 Å². The molecule has 18 heavy (non-hydrogen) atoms. The summed E-state index contributed by atoms with van der Waals surface area (Å²) in [4.78, 5) is 16.9. The average molecular weight is 250 g/mol. The van der Waals surface area contributed by atoms with Gasteiger partial charge in [0.05, 0.1) is 0 Å². The summed E-state index contributed by atoms with van der Waals surface area (Å²) in [6.07, 6.45) is 7.31. The number of carbonyl (C=O) groups is 1. The van der Waals surface area contributed by atoms with Crippen molar-refractivity contribution in [3.05, 3.63) is 12.2 Å². The van der Waals surface area contributed by atoms with Crippen LogP contribution in [0.5, 0.6) is 0 Å². The average Bonchev–Trinajstić information content (AvgIpc) is 2.76. The Labute approximate surface area is 111 Å². The van der Waals surface area contributed by atoms with Crippen LogP contribution in [0, 0.1) is 11.8 Å². The molecule has 2 aliphatic rings. The van der Waals surface area contributed by atoms with Crippen molar-refractivity contribution in [2.45, 2.75) is 33.1 Å². The number of hydrogen-bond donors (Lipinski definition) is 0. The molecule has 102 valence electrons. The summed E-state index contributed by atoms with van der Waals surface area (Å²) in [5.74, 6) is 1.33. The summed E-state index contributed by atoms with van der Waals surface area (Å²) < 4.78 is 0. The molecule has 0 unspecified atom stereocenters. The Balaban J connectivity index is 1.82. The maximum absolute atomic E-state index is 12.3. The van der Waals surface area contributed by atoms with Crippen molar-refractivity contribution < 1.29 is 4.79 Å². The van der Waals surface area contributed by atoms with Crippen molar-refractivity contribution in [1.82, 2.24) is 9.80 Å². The first-order valence-electron chi connectivity index (χ1n) is 7.33. The highest BCUT2D eigenvalue weighted by Gasteiger charge is 2.26. The van der Waals surface area contributed by atoms with Crippen molar-refractivity contribution >= 4 is 5.91 Å². The Hall–Kier alpha value is -0.830. The Morgan fingerprint density at radius 2 is 1.89 bits per heavy atom. The molecule has 0 aromatic heterocycles. The largest absolute Gasteiger partial charge is 0.341 e. The molecule has 1 fully saturated rings. The Morgan fingerprint density at radius 3 is 2.56 bits per heavy atom. The summed E-state index contributed by atoms with van der Waals surface area (Å²) in [7, 11) is 0. The molecule has 1 heterocycles. The maximum atomic E-state index is 12.3. The van der Waals surface area contributed by atoms with Gasteiger partial charge < -0.3 is 9.80 Å². The number of hydrogen-bond acceptors (Lipinski definition) is 2. The van der Waals surface area contributed by atoms with Crippen LogP contribution in [0.1, 0.15) is 33.1 Å². The normalized spacial score (nSPS) is 22.7. The van der Waals surface area contributed by atoms with E-state index in [0.29, 0.717) is 11.8 Å². The van der Waals surface area contributed by atoms with Crippen LogP contribution in [-0.2, 0) is 4.79 Å². The van der Waals surface area contributed by atoms with Gasteiger partial charge in [-0.15, -0.1) is 0 Å². The van der Waals surface area contributed by atoms with Gasteiger partial charge in [0.25, 0.3) is 0 Å². The first kappa shape index (κ1) is 13.6. The van der Waals surface area contributed by atoms with Gasteiger partial charge in [-0.05, 0) is 31.7 Å². The first-order valence-corrected chi connectivity index (χ1v) is 7.33. The maximum Gasteiger partial charge on any atom is 0.226 e. The van der Waals surface area contributed by atoms with Crippen molar-refractivity contribution in [1.29, 1.82) is 0 Å². The molecule has 1 aliphatic carbocycles. The van der Waals surface area contributed by atoms with E-state index in [2.05, 4.69) is 35.8 Å².